The van der Waals surface area contributed by atoms with Crippen molar-refractivity contribution in [2.75, 3.05) is 33.5 Å². The van der Waals surface area contributed by atoms with Gasteiger partial charge in [-0.15, -0.1) is 0 Å². The maximum atomic E-state index is 13.4. The highest BCUT2D eigenvalue weighted by molar-refractivity contribution is 5.78. The van der Waals surface area contributed by atoms with Crippen molar-refractivity contribution in [1.82, 2.24) is 5.32 Å². The number of nitrogens with two attached hydrogens (primary N) is 1. The SMILES string of the molecule is CC[C@H](C)CNC(=O)[C@@H](C[C@H](O)[C@H](N)COCc1ccc(-c2ccc(F)cc2)c(OCCCOC)c1)C(C)C. The van der Waals surface area contributed by atoms with Crippen LogP contribution in [-0.4, -0.2) is 56.6 Å². The lowest BCUT2D eigenvalue weighted by Crippen LogP contribution is -2.44. The number of benzene rings is 2. The quantitative estimate of drug-likeness (QED) is 0.229. The smallest absolute Gasteiger partial charge is 0.223 e. The number of carbonyl (C=O) groups is 1. The molecule has 2 rings (SSSR count). The number of nitrogens with one attached hydrogen (secondary N) is 1. The van der Waals surface area contributed by atoms with E-state index in [0.29, 0.717) is 31.4 Å². The average molecular weight is 547 g/mol. The Morgan fingerprint density at radius 3 is 2.46 bits per heavy atom. The molecule has 4 atom stereocenters. The number of amides is 1. The van der Waals surface area contributed by atoms with Crippen molar-refractivity contribution in [2.24, 2.45) is 23.5 Å². The first-order valence-corrected chi connectivity index (χ1v) is 14.0. The zero-order valence-electron chi connectivity index (χ0n) is 24.1. The summed E-state index contributed by atoms with van der Waals surface area (Å²) in [5.74, 6) is 0.487. The average Bonchev–Trinajstić information content (AvgIpc) is 2.92. The number of hydrogen-bond acceptors (Lipinski definition) is 6. The molecule has 218 valence electrons. The van der Waals surface area contributed by atoms with Crippen LogP contribution >= 0.6 is 0 Å². The molecular weight excluding hydrogens is 499 g/mol. The predicted octanol–water partition coefficient (Wildman–Crippen LogP) is 4.94. The van der Waals surface area contributed by atoms with E-state index < -0.39 is 12.1 Å². The highest BCUT2D eigenvalue weighted by Crippen LogP contribution is 2.32. The Morgan fingerprint density at radius 1 is 1.10 bits per heavy atom. The van der Waals surface area contributed by atoms with E-state index in [0.717, 1.165) is 29.5 Å². The van der Waals surface area contributed by atoms with E-state index in [4.69, 9.17) is 19.9 Å². The summed E-state index contributed by atoms with van der Waals surface area (Å²) in [4.78, 5) is 12.7. The van der Waals surface area contributed by atoms with Crippen molar-refractivity contribution < 1.29 is 28.5 Å². The van der Waals surface area contributed by atoms with Crippen LogP contribution in [0.4, 0.5) is 4.39 Å². The van der Waals surface area contributed by atoms with Gasteiger partial charge in [-0.3, -0.25) is 4.79 Å². The minimum Gasteiger partial charge on any atom is -0.493 e. The molecule has 4 N–H and O–H groups in total. The first-order chi connectivity index (χ1) is 18.7. The van der Waals surface area contributed by atoms with Gasteiger partial charge in [0.25, 0.3) is 0 Å². The zero-order valence-corrected chi connectivity index (χ0v) is 24.1. The molecule has 0 aliphatic carbocycles. The Bertz CT molecular complexity index is 985. The molecule has 0 aliphatic rings. The highest BCUT2D eigenvalue weighted by atomic mass is 19.1. The maximum absolute atomic E-state index is 13.4. The van der Waals surface area contributed by atoms with Crippen LogP contribution in [0.1, 0.15) is 52.5 Å². The number of halogens is 1. The third-order valence-electron chi connectivity index (χ3n) is 6.98. The van der Waals surface area contributed by atoms with Gasteiger partial charge in [0.15, 0.2) is 0 Å². The zero-order chi connectivity index (χ0) is 28.8. The van der Waals surface area contributed by atoms with Crippen LogP contribution in [0.5, 0.6) is 5.75 Å². The molecule has 7 nitrogen and oxygen atoms in total. The Kier molecular flexibility index (Phi) is 14.4. The number of aliphatic hydroxyl groups excluding tert-OH is 1. The van der Waals surface area contributed by atoms with Crippen molar-refractivity contribution in [1.29, 1.82) is 0 Å². The van der Waals surface area contributed by atoms with Gasteiger partial charge in [-0.25, -0.2) is 4.39 Å². The van der Waals surface area contributed by atoms with Crippen LogP contribution in [-0.2, 0) is 20.9 Å². The fraction of sp³-hybridized carbons (Fsp3) is 0.581. The lowest BCUT2D eigenvalue weighted by Gasteiger charge is -2.26. The molecule has 2 aromatic rings. The first kappa shape index (κ1) is 32.7. The Morgan fingerprint density at radius 2 is 1.82 bits per heavy atom. The summed E-state index contributed by atoms with van der Waals surface area (Å²) in [5, 5.41) is 13.7. The monoisotopic (exact) mass is 546 g/mol. The van der Waals surface area contributed by atoms with Crippen LogP contribution in [0, 0.1) is 23.6 Å². The molecule has 0 unspecified atom stereocenters. The fourth-order valence-electron chi connectivity index (χ4n) is 4.12. The molecule has 0 fully saturated rings. The van der Waals surface area contributed by atoms with Crippen LogP contribution in [0.3, 0.4) is 0 Å². The van der Waals surface area contributed by atoms with Gasteiger partial charge in [0, 0.05) is 38.2 Å². The lowest BCUT2D eigenvalue weighted by molar-refractivity contribution is -0.128. The van der Waals surface area contributed by atoms with Gasteiger partial charge in [0.05, 0.1) is 32.0 Å². The van der Waals surface area contributed by atoms with Crippen molar-refractivity contribution >= 4 is 5.91 Å². The molecule has 0 bridgehead atoms. The van der Waals surface area contributed by atoms with Gasteiger partial charge < -0.3 is 30.4 Å². The predicted molar refractivity (Wildman–Crippen MR) is 153 cm³/mol. The molecule has 0 saturated carbocycles. The van der Waals surface area contributed by atoms with Crippen molar-refractivity contribution in [2.45, 2.75) is 65.7 Å². The van der Waals surface area contributed by atoms with E-state index in [1.807, 2.05) is 32.0 Å². The summed E-state index contributed by atoms with van der Waals surface area (Å²) in [6.45, 7) is 10.3. The van der Waals surface area contributed by atoms with Crippen molar-refractivity contribution in [3.63, 3.8) is 0 Å². The number of rotatable bonds is 18. The summed E-state index contributed by atoms with van der Waals surface area (Å²) in [5.41, 5.74) is 8.83. The molecule has 0 radical (unpaired) electrons. The molecule has 0 heterocycles. The van der Waals surface area contributed by atoms with E-state index >= 15 is 0 Å². The minimum atomic E-state index is -0.868. The van der Waals surface area contributed by atoms with E-state index in [-0.39, 0.29) is 43.2 Å². The second-order valence-electron chi connectivity index (χ2n) is 10.6. The van der Waals surface area contributed by atoms with Crippen molar-refractivity contribution in [3.05, 3.63) is 53.8 Å². The van der Waals surface area contributed by atoms with E-state index in [9.17, 15) is 14.3 Å². The Balaban J connectivity index is 1.97. The number of methoxy groups -OCH3 is 1. The van der Waals surface area contributed by atoms with Gasteiger partial charge >= 0.3 is 0 Å². The van der Waals surface area contributed by atoms with Gasteiger partial charge in [-0.2, -0.15) is 0 Å². The summed E-state index contributed by atoms with van der Waals surface area (Å²) in [7, 11) is 1.65. The third kappa shape index (κ3) is 11.2. The molecule has 0 saturated heterocycles. The Hall–Kier alpha value is -2.52. The van der Waals surface area contributed by atoms with E-state index in [1.165, 1.54) is 12.1 Å². The van der Waals surface area contributed by atoms with Gasteiger partial charge in [-0.05, 0) is 47.6 Å². The molecule has 39 heavy (non-hydrogen) atoms. The lowest BCUT2D eigenvalue weighted by atomic mass is 9.87. The minimum absolute atomic E-state index is 0.0447. The molecule has 1 amide bonds. The summed E-state index contributed by atoms with van der Waals surface area (Å²) >= 11 is 0. The maximum Gasteiger partial charge on any atom is 0.223 e. The molecular formula is C31H47FN2O5. The molecule has 0 spiro atoms. The number of aliphatic hydroxyl groups is 1. The molecule has 0 aliphatic heterocycles. The van der Waals surface area contributed by atoms with Gasteiger partial charge in [0.2, 0.25) is 5.91 Å². The second kappa shape index (κ2) is 17.2. The molecule has 0 aromatic heterocycles. The topological polar surface area (TPSA) is 103 Å². The Labute approximate surface area is 233 Å². The van der Waals surface area contributed by atoms with E-state index in [2.05, 4.69) is 19.2 Å². The molecule has 8 heteroatoms. The molecule has 2 aromatic carbocycles. The van der Waals surface area contributed by atoms with Crippen LogP contribution < -0.4 is 15.8 Å². The number of hydrogen-bond donors (Lipinski definition) is 3. The first-order valence-electron chi connectivity index (χ1n) is 14.0. The van der Waals surface area contributed by atoms with Gasteiger partial charge in [-0.1, -0.05) is 58.4 Å². The van der Waals surface area contributed by atoms with Crippen LogP contribution in [0.2, 0.25) is 0 Å². The highest BCUT2D eigenvalue weighted by Gasteiger charge is 2.28. The van der Waals surface area contributed by atoms with Crippen LogP contribution in [0.25, 0.3) is 11.1 Å². The summed E-state index contributed by atoms with van der Waals surface area (Å²) in [6.07, 6.45) is 1.14. The van der Waals surface area contributed by atoms with Crippen molar-refractivity contribution in [3.8, 4) is 16.9 Å². The largest absolute Gasteiger partial charge is 0.493 e. The number of carbonyl (C=O) groups excluding carboxylic acids is 1. The standard InChI is InChI=1S/C31H47FN2O5/c1-6-22(4)18-34-31(36)27(21(2)3)17-29(35)28(33)20-38-19-23-8-13-26(24-9-11-25(32)12-10-24)30(16-23)39-15-7-14-37-5/h8-13,16,21-22,27-29,35H,6-7,14-15,17-20,33H2,1-5H3,(H,34,36)/t22-,27-,28+,29-/m0/s1. The summed E-state index contributed by atoms with van der Waals surface area (Å²) in [6, 6.07) is 11.4. The fourth-order valence-corrected chi connectivity index (χ4v) is 4.12. The summed E-state index contributed by atoms with van der Waals surface area (Å²) < 4.78 is 30.4. The third-order valence-corrected chi connectivity index (χ3v) is 6.98. The normalized spacial score (nSPS) is 14.6. The van der Waals surface area contributed by atoms with Crippen LogP contribution in [0.15, 0.2) is 42.5 Å². The number of ether oxygens (including phenoxy) is 3. The van der Waals surface area contributed by atoms with Gasteiger partial charge in [0.1, 0.15) is 11.6 Å². The second-order valence-corrected chi connectivity index (χ2v) is 10.6. The van der Waals surface area contributed by atoms with E-state index in [1.54, 1.807) is 19.2 Å².